The van der Waals surface area contributed by atoms with Gasteiger partial charge in [0.15, 0.2) is 0 Å². The lowest BCUT2D eigenvalue weighted by atomic mass is 10.1. The predicted molar refractivity (Wildman–Crippen MR) is 64.5 cm³/mol. The van der Waals surface area contributed by atoms with E-state index in [9.17, 15) is 4.79 Å². The van der Waals surface area contributed by atoms with Crippen LogP contribution in [0, 0.1) is 0 Å². The van der Waals surface area contributed by atoms with Gasteiger partial charge >= 0.3 is 5.97 Å². The fraction of sp³-hybridized carbons (Fsp3) is 0.300. The first-order chi connectivity index (χ1) is 7.06. The van der Waals surface area contributed by atoms with Gasteiger partial charge in [0.1, 0.15) is 0 Å². The molecule has 0 aromatic heterocycles. The number of hydrogen-bond acceptors (Lipinski definition) is 2. The minimum atomic E-state index is -0.334. The molecule has 0 bridgehead atoms. The van der Waals surface area contributed by atoms with Crippen LogP contribution in [0.2, 0.25) is 10.0 Å². The van der Waals surface area contributed by atoms with Crippen molar-refractivity contribution in [3.05, 3.63) is 32.2 Å². The second-order valence-electron chi connectivity index (χ2n) is 2.80. The maximum absolute atomic E-state index is 11.3. The van der Waals surface area contributed by atoms with Crippen LogP contribution in [0.25, 0.3) is 0 Å². The normalized spacial score (nSPS) is 10.1. The highest BCUT2D eigenvalue weighted by Gasteiger charge is 2.13. The van der Waals surface area contributed by atoms with Crippen molar-refractivity contribution in [1.82, 2.24) is 0 Å². The van der Waals surface area contributed by atoms with Gasteiger partial charge in [-0.1, -0.05) is 23.2 Å². The molecule has 0 aliphatic heterocycles. The van der Waals surface area contributed by atoms with Crippen molar-refractivity contribution >= 4 is 45.1 Å². The van der Waals surface area contributed by atoms with E-state index < -0.39 is 0 Å². The number of esters is 1. The molecule has 1 aromatic rings. The quantitative estimate of drug-likeness (QED) is 0.626. The molecule has 82 valence electrons. The molecule has 0 radical (unpaired) electrons. The lowest BCUT2D eigenvalue weighted by Crippen LogP contribution is -2.08. The molecule has 1 aromatic carbocycles. The highest BCUT2D eigenvalue weighted by molar-refractivity contribution is 9.10. The van der Waals surface area contributed by atoms with Crippen molar-refractivity contribution in [3.63, 3.8) is 0 Å². The molecule has 0 fully saturated rings. The van der Waals surface area contributed by atoms with Crippen LogP contribution in [0.3, 0.4) is 0 Å². The Kier molecular flexibility index (Phi) is 4.90. The summed E-state index contributed by atoms with van der Waals surface area (Å²) in [5.74, 6) is -0.334. The third-order valence-electron chi connectivity index (χ3n) is 1.77. The second kappa shape index (κ2) is 5.73. The van der Waals surface area contributed by atoms with E-state index in [0.717, 1.165) is 0 Å². The average Bonchev–Trinajstić information content (AvgIpc) is 2.19. The van der Waals surface area contributed by atoms with Gasteiger partial charge in [0.25, 0.3) is 0 Å². The topological polar surface area (TPSA) is 26.3 Å². The summed E-state index contributed by atoms with van der Waals surface area (Å²) in [4.78, 5) is 11.3. The molecule has 15 heavy (non-hydrogen) atoms. The fourth-order valence-electron chi connectivity index (χ4n) is 1.09. The average molecular weight is 312 g/mol. The van der Waals surface area contributed by atoms with E-state index in [-0.39, 0.29) is 12.4 Å². The molecular weight excluding hydrogens is 303 g/mol. The molecule has 5 heteroatoms. The van der Waals surface area contributed by atoms with Crippen molar-refractivity contribution in [2.24, 2.45) is 0 Å². The Morgan fingerprint density at radius 3 is 2.73 bits per heavy atom. The molecule has 2 nitrogen and oxygen atoms in total. The number of hydrogen-bond donors (Lipinski definition) is 0. The van der Waals surface area contributed by atoms with Gasteiger partial charge in [0.05, 0.1) is 18.1 Å². The van der Waals surface area contributed by atoms with Gasteiger partial charge in [-0.2, -0.15) is 0 Å². The first kappa shape index (κ1) is 12.8. The van der Waals surface area contributed by atoms with Gasteiger partial charge in [-0.15, -0.1) is 0 Å². The number of rotatable bonds is 3. The summed E-state index contributed by atoms with van der Waals surface area (Å²) in [7, 11) is 0. The van der Waals surface area contributed by atoms with E-state index in [0.29, 0.717) is 26.7 Å². The van der Waals surface area contributed by atoms with Crippen molar-refractivity contribution in [3.8, 4) is 0 Å². The Morgan fingerprint density at radius 2 is 2.13 bits per heavy atom. The standard InChI is InChI=1S/C10H9BrCl2O2/c1-2-15-9(14)5-6-8(12)4-3-7(11)10(6)13/h3-4H,2,5H2,1H3. The van der Waals surface area contributed by atoms with Crippen LogP contribution in [0.4, 0.5) is 0 Å². The second-order valence-corrected chi connectivity index (χ2v) is 4.44. The summed E-state index contributed by atoms with van der Waals surface area (Å²) in [5.41, 5.74) is 0.589. The molecule has 0 amide bonds. The molecule has 1 rings (SSSR count). The zero-order valence-corrected chi connectivity index (χ0v) is 11.1. The summed E-state index contributed by atoms with van der Waals surface area (Å²) in [6.07, 6.45) is 0.0882. The van der Waals surface area contributed by atoms with Crippen LogP contribution in [-0.4, -0.2) is 12.6 Å². The van der Waals surface area contributed by atoms with E-state index in [1.807, 2.05) is 0 Å². The molecular formula is C10H9BrCl2O2. The summed E-state index contributed by atoms with van der Waals surface area (Å²) >= 11 is 15.2. The van der Waals surface area contributed by atoms with Gasteiger partial charge in [0.2, 0.25) is 0 Å². The largest absolute Gasteiger partial charge is 0.466 e. The minimum Gasteiger partial charge on any atom is -0.466 e. The Balaban J connectivity index is 2.93. The van der Waals surface area contributed by atoms with E-state index in [1.165, 1.54) is 0 Å². The highest BCUT2D eigenvalue weighted by Crippen LogP contribution is 2.32. The number of carbonyl (C=O) groups excluding carboxylic acids is 1. The van der Waals surface area contributed by atoms with Crippen molar-refractivity contribution in [2.75, 3.05) is 6.61 Å². The van der Waals surface area contributed by atoms with Crippen LogP contribution < -0.4 is 0 Å². The molecule has 0 atom stereocenters. The third-order valence-corrected chi connectivity index (χ3v) is 3.44. The number of ether oxygens (including phenoxy) is 1. The SMILES string of the molecule is CCOC(=O)Cc1c(Cl)ccc(Br)c1Cl. The van der Waals surface area contributed by atoms with Crippen LogP contribution in [0.1, 0.15) is 12.5 Å². The highest BCUT2D eigenvalue weighted by atomic mass is 79.9. The van der Waals surface area contributed by atoms with Crippen molar-refractivity contribution in [1.29, 1.82) is 0 Å². The van der Waals surface area contributed by atoms with Crippen LogP contribution in [0.5, 0.6) is 0 Å². The summed E-state index contributed by atoms with van der Waals surface area (Å²) in [6, 6.07) is 3.42. The summed E-state index contributed by atoms with van der Waals surface area (Å²) < 4.78 is 5.54. The number of halogens is 3. The summed E-state index contributed by atoms with van der Waals surface area (Å²) in [6.45, 7) is 2.10. The van der Waals surface area contributed by atoms with Gasteiger partial charge in [-0.3, -0.25) is 4.79 Å². The molecule has 0 aliphatic carbocycles. The van der Waals surface area contributed by atoms with Gasteiger partial charge in [-0.05, 0) is 35.0 Å². The monoisotopic (exact) mass is 310 g/mol. The molecule has 0 saturated heterocycles. The first-order valence-electron chi connectivity index (χ1n) is 4.34. The lowest BCUT2D eigenvalue weighted by Gasteiger charge is -2.07. The maximum Gasteiger partial charge on any atom is 0.310 e. The van der Waals surface area contributed by atoms with Gasteiger partial charge in [0, 0.05) is 15.1 Å². The Morgan fingerprint density at radius 1 is 1.47 bits per heavy atom. The smallest absolute Gasteiger partial charge is 0.310 e. The lowest BCUT2D eigenvalue weighted by molar-refractivity contribution is -0.142. The molecule has 0 aliphatic rings. The fourth-order valence-corrected chi connectivity index (χ4v) is 1.96. The minimum absolute atomic E-state index is 0.0882. The predicted octanol–water partition coefficient (Wildman–Crippen LogP) is 3.86. The van der Waals surface area contributed by atoms with E-state index in [4.69, 9.17) is 27.9 Å². The van der Waals surface area contributed by atoms with Crippen LogP contribution >= 0.6 is 39.1 Å². The third kappa shape index (κ3) is 3.37. The maximum atomic E-state index is 11.3. The van der Waals surface area contributed by atoms with E-state index in [2.05, 4.69) is 15.9 Å². The Bertz CT molecular complexity index is 380. The Hall–Kier alpha value is -0.250. The van der Waals surface area contributed by atoms with Crippen molar-refractivity contribution in [2.45, 2.75) is 13.3 Å². The number of carbonyl (C=O) groups is 1. The Labute approximate surface area is 107 Å². The zero-order chi connectivity index (χ0) is 11.4. The zero-order valence-electron chi connectivity index (χ0n) is 8.02. The molecule has 0 spiro atoms. The molecule has 0 unspecified atom stereocenters. The van der Waals surface area contributed by atoms with Crippen LogP contribution in [-0.2, 0) is 16.0 Å². The van der Waals surface area contributed by atoms with E-state index in [1.54, 1.807) is 19.1 Å². The number of benzene rings is 1. The molecule has 0 saturated carbocycles. The summed E-state index contributed by atoms with van der Waals surface area (Å²) in [5, 5.41) is 0.923. The van der Waals surface area contributed by atoms with E-state index >= 15 is 0 Å². The molecule has 0 N–H and O–H groups in total. The van der Waals surface area contributed by atoms with Gasteiger partial charge < -0.3 is 4.74 Å². The van der Waals surface area contributed by atoms with Crippen LogP contribution in [0.15, 0.2) is 16.6 Å². The first-order valence-corrected chi connectivity index (χ1v) is 5.89. The van der Waals surface area contributed by atoms with Gasteiger partial charge in [-0.25, -0.2) is 0 Å². The molecule has 0 heterocycles. The van der Waals surface area contributed by atoms with Crippen molar-refractivity contribution < 1.29 is 9.53 Å².